The lowest BCUT2D eigenvalue weighted by Gasteiger charge is -2.36. The van der Waals surface area contributed by atoms with Crippen molar-refractivity contribution in [3.63, 3.8) is 0 Å². The van der Waals surface area contributed by atoms with Crippen molar-refractivity contribution >= 4 is 22.6 Å². The summed E-state index contributed by atoms with van der Waals surface area (Å²) in [7, 11) is 2.95. The van der Waals surface area contributed by atoms with Crippen LogP contribution >= 0.6 is 0 Å². The van der Waals surface area contributed by atoms with E-state index in [4.69, 9.17) is 13.9 Å². The number of benzene rings is 2. The SMILES string of the molecule is COC(=O)Cc1c(C)c2ccc(O)c(CN3CCN(c4ccccc4OC)CC3)c2oc1=O. The first-order valence-electron chi connectivity index (χ1n) is 10.9. The fourth-order valence-corrected chi connectivity index (χ4v) is 4.33. The highest BCUT2D eigenvalue weighted by Gasteiger charge is 2.23. The number of hydrogen-bond acceptors (Lipinski definition) is 8. The van der Waals surface area contributed by atoms with Crippen LogP contribution in [0, 0.1) is 6.92 Å². The number of para-hydroxylation sites is 2. The zero-order valence-corrected chi connectivity index (χ0v) is 19.1. The second kappa shape index (κ2) is 9.54. The number of rotatable bonds is 6. The Labute approximate surface area is 191 Å². The highest BCUT2D eigenvalue weighted by Crippen LogP contribution is 2.32. The molecule has 3 aromatic rings. The fourth-order valence-electron chi connectivity index (χ4n) is 4.33. The van der Waals surface area contributed by atoms with E-state index < -0.39 is 11.6 Å². The number of phenolic OH excluding ortho intramolecular Hbond substituents is 1. The molecule has 1 N–H and O–H groups in total. The Hall–Kier alpha value is -3.52. The fraction of sp³-hybridized carbons (Fsp3) is 0.360. The second-order valence-electron chi connectivity index (χ2n) is 8.12. The van der Waals surface area contributed by atoms with Crippen LogP contribution in [0.4, 0.5) is 5.69 Å². The van der Waals surface area contributed by atoms with E-state index in [-0.39, 0.29) is 17.7 Å². The van der Waals surface area contributed by atoms with E-state index in [0.29, 0.717) is 28.6 Å². The molecule has 1 aromatic heterocycles. The molecule has 8 nitrogen and oxygen atoms in total. The van der Waals surface area contributed by atoms with Crippen molar-refractivity contribution in [3.8, 4) is 11.5 Å². The predicted octanol–water partition coefficient (Wildman–Crippen LogP) is 2.85. The zero-order valence-electron chi connectivity index (χ0n) is 19.1. The Morgan fingerprint density at radius 3 is 2.48 bits per heavy atom. The van der Waals surface area contributed by atoms with Gasteiger partial charge in [0.15, 0.2) is 0 Å². The number of aryl methyl sites for hydroxylation is 1. The predicted molar refractivity (Wildman–Crippen MR) is 125 cm³/mol. The molecule has 0 amide bonds. The number of carbonyl (C=O) groups is 1. The van der Waals surface area contributed by atoms with E-state index in [0.717, 1.165) is 37.6 Å². The first-order valence-corrected chi connectivity index (χ1v) is 10.9. The molecule has 0 atom stereocenters. The standard InChI is InChI=1S/C25H28N2O6/c1-16-17-8-9-21(28)19(24(17)33-25(30)18(16)14-23(29)32-3)15-26-10-12-27(13-11-26)20-6-4-5-7-22(20)31-2/h4-9,28H,10-15H2,1-3H3. The maximum atomic E-state index is 12.6. The minimum absolute atomic E-state index is 0.0814. The van der Waals surface area contributed by atoms with E-state index >= 15 is 0 Å². The van der Waals surface area contributed by atoms with E-state index in [1.165, 1.54) is 7.11 Å². The number of fused-ring (bicyclic) bond motifs is 1. The Morgan fingerprint density at radius 2 is 1.79 bits per heavy atom. The Kier molecular flexibility index (Phi) is 6.55. The van der Waals surface area contributed by atoms with Crippen LogP contribution in [0.1, 0.15) is 16.7 Å². The van der Waals surface area contributed by atoms with Gasteiger partial charge in [-0.2, -0.15) is 0 Å². The van der Waals surface area contributed by atoms with Crippen LogP contribution in [-0.2, 0) is 22.5 Å². The summed E-state index contributed by atoms with van der Waals surface area (Å²) in [6, 6.07) is 11.3. The Balaban J connectivity index is 1.57. The molecule has 1 aliphatic heterocycles. The van der Waals surface area contributed by atoms with Gasteiger partial charge in [0, 0.05) is 38.1 Å². The van der Waals surface area contributed by atoms with Crippen LogP contribution in [0.5, 0.6) is 11.5 Å². The lowest BCUT2D eigenvalue weighted by molar-refractivity contribution is -0.139. The van der Waals surface area contributed by atoms with Crippen molar-refractivity contribution in [2.45, 2.75) is 19.9 Å². The third-order valence-corrected chi connectivity index (χ3v) is 6.26. The van der Waals surface area contributed by atoms with Gasteiger partial charge in [0.25, 0.3) is 0 Å². The molecule has 1 aliphatic rings. The highest BCUT2D eigenvalue weighted by atomic mass is 16.5. The van der Waals surface area contributed by atoms with Crippen LogP contribution < -0.4 is 15.3 Å². The van der Waals surface area contributed by atoms with Crippen LogP contribution in [0.15, 0.2) is 45.6 Å². The van der Waals surface area contributed by atoms with Crippen LogP contribution in [-0.4, -0.2) is 56.4 Å². The van der Waals surface area contributed by atoms with Gasteiger partial charge in [-0.1, -0.05) is 12.1 Å². The summed E-state index contributed by atoms with van der Waals surface area (Å²) in [5.41, 5.74) is 2.34. The van der Waals surface area contributed by atoms with Crippen molar-refractivity contribution in [1.82, 2.24) is 4.90 Å². The van der Waals surface area contributed by atoms with Crippen molar-refractivity contribution in [3.05, 3.63) is 63.5 Å². The van der Waals surface area contributed by atoms with E-state index in [9.17, 15) is 14.7 Å². The largest absolute Gasteiger partial charge is 0.507 e. The molecule has 0 spiro atoms. The van der Waals surface area contributed by atoms with Gasteiger partial charge in [0.05, 0.1) is 37.5 Å². The smallest absolute Gasteiger partial charge is 0.340 e. The molecule has 0 unspecified atom stereocenters. The van der Waals surface area contributed by atoms with Crippen molar-refractivity contribution in [2.24, 2.45) is 0 Å². The number of carbonyl (C=O) groups excluding carboxylic acids is 1. The number of phenols is 1. The molecule has 8 heteroatoms. The van der Waals surface area contributed by atoms with Gasteiger partial charge < -0.3 is 23.9 Å². The van der Waals surface area contributed by atoms with E-state index in [1.807, 2.05) is 24.3 Å². The molecule has 2 heterocycles. The number of aromatic hydroxyl groups is 1. The first kappa shape index (κ1) is 22.7. The van der Waals surface area contributed by atoms with Gasteiger partial charge >= 0.3 is 11.6 Å². The number of anilines is 1. The Morgan fingerprint density at radius 1 is 1.06 bits per heavy atom. The van der Waals surface area contributed by atoms with Crippen LogP contribution in [0.3, 0.4) is 0 Å². The molecule has 0 radical (unpaired) electrons. The van der Waals surface area contributed by atoms with Crippen molar-refractivity contribution in [1.29, 1.82) is 0 Å². The van der Waals surface area contributed by atoms with Gasteiger partial charge in [-0.05, 0) is 36.8 Å². The number of methoxy groups -OCH3 is 2. The van der Waals surface area contributed by atoms with Gasteiger partial charge in [0.2, 0.25) is 0 Å². The number of hydrogen-bond donors (Lipinski definition) is 1. The monoisotopic (exact) mass is 452 g/mol. The van der Waals surface area contributed by atoms with Gasteiger partial charge in [-0.3, -0.25) is 9.69 Å². The van der Waals surface area contributed by atoms with Crippen LogP contribution in [0.25, 0.3) is 11.0 Å². The lowest BCUT2D eigenvalue weighted by atomic mass is 10.0. The summed E-state index contributed by atoms with van der Waals surface area (Å²) in [4.78, 5) is 28.8. The number of esters is 1. The molecule has 1 saturated heterocycles. The van der Waals surface area contributed by atoms with Crippen molar-refractivity contribution in [2.75, 3.05) is 45.3 Å². The topological polar surface area (TPSA) is 92.5 Å². The number of nitrogens with zero attached hydrogens (tertiary/aromatic N) is 2. The summed E-state index contributed by atoms with van der Waals surface area (Å²) >= 11 is 0. The molecule has 0 bridgehead atoms. The average molecular weight is 453 g/mol. The minimum Gasteiger partial charge on any atom is -0.507 e. The third-order valence-electron chi connectivity index (χ3n) is 6.26. The summed E-state index contributed by atoms with van der Waals surface area (Å²) in [6.45, 7) is 5.39. The van der Waals surface area contributed by atoms with E-state index in [2.05, 4.69) is 9.80 Å². The van der Waals surface area contributed by atoms with Gasteiger partial charge in [-0.25, -0.2) is 4.79 Å². The molecular formula is C25H28N2O6. The Bertz CT molecular complexity index is 1230. The molecule has 174 valence electrons. The summed E-state index contributed by atoms with van der Waals surface area (Å²) in [6.07, 6.45) is -0.151. The van der Waals surface area contributed by atoms with E-state index in [1.54, 1.807) is 26.2 Å². The molecule has 0 saturated carbocycles. The molecule has 4 rings (SSSR count). The minimum atomic E-state index is -0.585. The molecule has 1 fully saturated rings. The summed E-state index contributed by atoms with van der Waals surface area (Å²) < 4.78 is 15.8. The van der Waals surface area contributed by atoms with Crippen molar-refractivity contribution < 1.29 is 23.8 Å². The molecule has 2 aromatic carbocycles. The quantitative estimate of drug-likeness (QED) is 0.451. The summed E-state index contributed by atoms with van der Waals surface area (Å²) in [5.74, 6) is 0.423. The lowest BCUT2D eigenvalue weighted by Crippen LogP contribution is -2.46. The average Bonchev–Trinajstić information content (AvgIpc) is 2.83. The van der Waals surface area contributed by atoms with Crippen LogP contribution in [0.2, 0.25) is 0 Å². The molecular weight excluding hydrogens is 424 g/mol. The summed E-state index contributed by atoms with van der Waals surface area (Å²) in [5, 5.41) is 11.3. The molecule has 0 aliphatic carbocycles. The number of piperazine rings is 1. The normalized spacial score (nSPS) is 14.5. The number of ether oxygens (including phenoxy) is 2. The molecule has 33 heavy (non-hydrogen) atoms. The first-order chi connectivity index (χ1) is 15.9. The second-order valence-corrected chi connectivity index (χ2v) is 8.12. The maximum Gasteiger partial charge on any atom is 0.340 e. The zero-order chi connectivity index (χ0) is 23.5. The maximum absolute atomic E-state index is 12.6. The van der Waals surface area contributed by atoms with Gasteiger partial charge in [0.1, 0.15) is 17.1 Å². The highest BCUT2D eigenvalue weighted by molar-refractivity contribution is 5.87. The third kappa shape index (κ3) is 4.52. The van der Waals surface area contributed by atoms with Gasteiger partial charge in [-0.15, -0.1) is 0 Å².